The van der Waals surface area contributed by atoms with Crippen LogP contribution < -0.4 is 11.2 Å². The fourth-order valence-corrected chi connectivity index (χ4v) is 1.60. The van der Waals surface area contributed by atoms with Gasteiger partial charge in [0.2, 0.25) is 0 Å². The van der Waals surface area contributed by atoms with Crippen LogP contribution >= 0.6 is 12.4 Å². The second-order valence-corrected chi connectivity index (χ2v) is 5.22. The van der Waals surface area contributed by atoms with Crippen molar-refractivity contribution in [1.82, 2.24) is 4.98 Å². The van der Waals surface area contributed by atoms with Crippen molar-refractivity contribution in [2.75, 3.05) is 5.73 Å². The lowest BCUT2D eigenvalue weighted by Gasteiger charge is -2.32. The van der Waals surface area contributed by atoms with Crippen LogP contribution in [0.3, 0.4) is 0 Å². The fourth-order valence-electron chi connectivity index (χ4n) is 1.60. The zero-order chi connectivity index (χ0) is 12.8. The number of nitrogens with zero attached hydrogens (tertiary/aromatic N) is 1. The van der Waals surface area contributed by atoms with E-state index in [0.717, 1.165) is 0 Å². The van der Waals surface area contributed by atoms with Crippen molar-refractivity contribution < 1.29 is 13.7 Å². The van der Waals surface area contributed by atoms with Crippen molar-refractivity contribution in [3.8, 4) is 0 Å². The van der Waals surface area contributed by atoms with E-state index in [-0.39, 0.29) is 23.7 Å². The van der Waals surface area contributed by atoms with Crippen LogP contribution in [0.4, 0.5) is 10.2 Å². The van der Waals surface area contributed by atoms with Crippen LogP contribution in [0.1, 0.15) is 27.7 Å². The first-order valence-electron chi connectivity index (χ1n) is 5.49. The summed E-state index contributed by atoms with van der Waals surface area (Å²) in [6.07, 6.45) is 1.35. The van der Waals surface area contributed by atoms with Gasteiger partial charge in [0.1, 0.15) is 11.6 Å². The average Bonchev–Trinajstić information content (AvgIpc) is 2.35. The zero-order valence-electron chi connectivity index (χ0n) is 10.9. The highest BCUT2D eigenvalue weighted by atomic mass is 35.5. The molecule has 4 nitrogen and oxygen atoms in total. The number of pyridine rings is 1. The molecule has 1 aromatic heterocycles. The van der Waals surface area contributed by atoms with Gasteiger partial charge in [-0.1, -0.05) is 0 Å². The Morgan fingerprint density at radius 2 is 1.72 bits per heavy atom. The standard InChI is InChI=1S/C11H16BFN2O2.ClH/c1-10(2)11(3,4)17-12(16-10)7-6-15-9(14)5-8(7)13;/h5-6H,1-4H3,(H2,14,15);1H. The van der Waals surface area contributed by atoms with Gasteiger partial charge in [-0.15, -0.1) is 12.4 Å². The first-order chi connectivity index (χ1) is 7.73. The Balaban J connectivity index is 0.00000162. The summed E-state index contributed by atoms with van der Waals surface area (Å²) in [7, 11) is -0.742. The number of hydrogen-bond donors (Lipinski definition) is 1. The molecule has 0 atom stereocenters. The Labute approximate surface area is 113 Å². The second kappa shape index (κ2) is 4.68. The summed E-state index contributed by atoms with van der Waals surface area (Å²) >= 11 is 0. The van der Waals surface area contributed by atoms with Crippen LogP contribution in [-0.2, 0) is 9.31 Å². The maximum absolute atomic E-state index is 13.7. The molecule has 1 fully saturated rings. The zero-order valence-corrected chi connectivity index (χ0v) is 11.7. The van der Waals surface area contributed by atoms with Crippen LogP contribution in [0.15, 0.2) is 12.3 Å². The normalized spacial score (nSPS) is 20.6. The highest BCUT2D eigenvalue weighted by Gasteiger charge is 2.52. The molecule has 2 N–H and O–H groups in total. The summed E-state index contributed by atoms with van der Waals surface area (Å²) in [6.45, 7) is 7.65. The predicted octanol–water partition coefficient (Wildman–Crippen LogP) is 1.52. The quantitative estimate of drug-likeness (QED) is 0.789. The lowest BCUT2D eigenvalue weighted by atomic mass is 9.80. The van der Waals surface area contributed by atoms with E-state index >= 15 is 0 Å². The van der Waals surface area contributed by atoms with Crippen molar-refractivity contribution >= 4 is 30.8 Å². The van der Waals surface area contributed by atoms with Gasteiger partial charge in [0.25, 0.3) is 0 Å². The molecule has 2 rings (SSSR count). The van der Waals surface area contributed by atoms with Gasteiger partial charge in [-0.25, -0.2) is 9.37 Å². The first-order valence-corrected chi connectivity index (χ1v) is 5.49. The van der Waals surface area contributed by atoms with Crippen LogP contribution in [0.25, 0.3) is 0 Å². The lowest BCUT2D eigenvalue weighted by Crippen LogP contribution is -2.41. The number of nitrogens with two attached hydrogens (primary N) is 1. The van der Waals surface area contributed by atoms with E-state index in [9.17, 15) is 4.39 Å². The third-order valence-electron chi connectivity index (χ3n) is 3.41. The van der Waals surface area contributed by atoms with Crippen molar-refractivity contribution in [2.45, 2.75) is 38.9 Å². The van der Waals surface area contributed by atoms with Crippen molar-refractivity contribution in [3.05, 3.63) is 18.1 Å². The minimum Gasteiger partial charge on any atom is -0.399 e. The highest BCUT2D eigenvalue weighted by Crippen LogP contribution is 2.36. The Morgan fingerprint density at radius 3 is 2.17 bits per heavy atom. The third kappa shape index (κ3) is 2.46. The molecule has 0 bridgehead atoms. The molecule has 0 unspecified atom stereocenters. The van der Waals surface area contributed by atoms with Gasteiger partial charge in [0.15, 0.2) is 0 Å². The molecule has 1 saturated heterocycles. The van der Waals surface area contributed by atoms with Gasteiger partial charge in [0.05, 0.1) is 11.2 Å². The molecule has 0 aromatic carbocycles. The topological polar surface area (TPSA) is 57.4 Å². The molecule has 0 aliphatic carbocycles. The highest BCUT2D eigenvalue weighted by molar-refractivity contribution is 6.62. The Morgan fingerprint density at radius 1 is 1.22 bits per heavy atom. The number of anilines is 1. The summed E-state index contributed by atoms with van der Waals surface area (Å²) in [5.41, 5.74) is 4.69. The second-order valence-electron chi connectivity index (χ2n) is 5.22. The van der Waals surface area contributed by atoms with Crippen molar-refractivity contribution in [1.29, 1.82) is 0 Å². The van der Waals surface area contributed by atoms with E-state index in [4.69, 9.17) is 15.0 Å². The number of hydrogen-bond acceptors (Lipinski definition) is 4. The first kappa shape index (κ1) is 15.2. The van der Waals surface area contributed by atoms with Gasteiger partial charge in [-0.3, -0.25) is 0 Å². The molecule has 0 spiro atoms. The van der Waals surface area contributed by atoms with E-state index < -0.39 is 24.1 Å². The van der Waals surface area contributed by atoms with E-state index in [1.165, 1.54) is 12.3 Å². The number of halogens is 2. The Hall–Kier alpha value is -0.845. The van der Waals surface area contributed by atoms with Crippen LogP contribution in [0.2, 0.25) is 0 Å². The summed E-state index contributed by atoms with van der Waals surface area (Å²) in [6, 6.07) is 1.17. The lowest BCUT2D eigenvalue weighted by molar-refractivity contribution is 0.00578. The van der Waals surface area contributed by atoms with E-state index in [2.05, 4.69) is 4.98 Å². The van der Waals surface area contributed by atoms with Crippen molar-refractivity contribution in [3.63, 3.8) is 0 Å². The summed E-state index contributed by atoms with van der Waals surface area (Å²) in [5.74, 6) is -0.321. The van der Waals surface area contributed by atoms with E-state index in [0.29, 0.717) is 0 Å². The molecule has 100 valence electrons. The van der Waals surface area contributed by atoms with Gasteiger partial charge < -0.3 is 15.0 Å². The van der Waals surface area contributed by atoms with Crippen molar-refractivity contribution in [2.24, 2.45) is 0 Å². The Kier molecular flexibility index (Phi) is 3.96. The summed E-state index contributed by atoms with van der Waals surface area (Å²) in [4.78, 5) is 3.86. The number of nitrogen functional groups attached to an aromatic ring is 1. The SMILES string of the molecule is CC1(C)OB(c2cnc(N)cc2F)OC1(C)C.Cl. The van der Waals surface area contributed by atoms with Gasteiger partial charge in [0, 0.05) is 17.7 Å². The number of aromatic nitrogens is 1. The van der Waals surface area contributed by atoms with Gasteiger partial charge >= 0.3 is 7.12 Å². The molecule has 1 aliphatic heterocycles. The van der Waals surface area contributed by atoms with E-state index in [1.54, 1.807) is 0 Å². The smallest absolute Gasteiger partial charge is 0.399 e. The predicted molar refractivity (Wildman–Crippen MR) is 71.6 cm³/mol. The molecular formula is C11H17BClFN2O2. The Bertz CT molecular complexity index is 441. The van der Waals surface area contributed by atoms with Gasteiger partial charge in [-0.2, -0.15) is 0 Å². The molecule has 2 heterocycles. The molecule has 18 heavy (non-hydrogen) atoms. The maximum Gasteiger partial charge on any atom is 0.499 e. The largest absolute Gasteiger partial charge is 0.499 e. The minimum absolute atomic E-state index is 0. The molecule has 1 aromatic rings. The third-order valence-corrected chi connectivity index (χ3v) is 3.41. The van der Waals surface area contributed by atoms with Crippen LogP contribution in [0, 0.1) is 5.82 Å². The number of rotatable bonds is 1. The van der Waals surface area contributed by atoms with Gasteiger partial charge in [-0.05, 0) is 27.7 Å². The fraction of sp³-hybridized carbons (Fsp3) is 0.545. The summed E-state index contributed by atoms with van der Waals surface area (Å²) < 4.78 is 25.2. The molecule has 0 radical (unpaired) electrons. The monoisotopic (exact) mass is 274 g/mol. The maximum atomic E-state index is 13.7. The molecule has 1 aliphatic rings. The minimum atomic E-state index is -0.742. The summed E-state index contributed by atoms with van der Waals surface area (Å²) in [5, 5.41) is 0. The van der Waals surface area contributed by atoms with E-state index in [1.807, 2.05) is 27.7 Å². The molecule has 0 amide bonds. The van der Waals surface area contributed by atoms with Crippen LogP contribution in [0.5, 0.6) is 0 Å². The molecule has 7 heteroatoms. The molecule has 0 saturated carbocycles. The average molecular weight is 275 g/mol. The molecular weight excluding hydrogens is 257 g/mol. The van der Waals surface area contributed by atoms with Crippen LogP contribution in [-0.4, -0.2) is 23.3 Å².